The van der Waals surface area contributed by atoms with Gasteiger partial charge in [-0.2, -0.15) is 0 Å². The first-order chi connectivity index (χ1) is 22.2. The lowest BCUT2D eigenvalue weighted by Gasteiger charge is -2.45. The number of piperidine rings is 1. The number of nitrogens with zero attached hydrogens (tertiary/aromatic N) is 3. The molecule has 0 bridgehead atoms. The summed E-state index contributed by atoms with van der Waals surface area (Å²) in [5, 5.41) is 1.68. The van der Waals surface area contributed by atoms with Crippen molar-refractivity contribution in [2.24, 2.45) is 5.92 Å². The highest BCUT2D eigenvalue weighted by atomic mass is 32.2. The zero-order valence-electron chi connectivity index (χ0n) is 27.4. The number of thioether (sulfide) groups is 1. The molecule has 9 unspecified atom stereocenters. The maximum absolute atomic E-state index is 15.9. The lowest BCUT2D eigenvalue weighted by atomic mass is 9.76. The summed E-state index contributed by atoms with van der Waals surface area (Å²) in [4.78, 5) is 11.6. The Hall–Kier alpha value is -1.69. The number of halogens is 5. The summed E-state index contributed by atoms with van der Waals surface area (Å²) < 4.78 is 111. The van der Waals surface area contributed by atoms with Gasteiger partial charge in [-0.1, -0.05) is 11.8 Å². The number of ether oxygens (including phenoxy) is 2. The summed E-state index contributed by atoms with van der Waals surface area (Å²) in [5.41, 5.74) is 6.33. The summed E-state index contributed by atoms with van der Waals surface area (Å²) in [6.45, 7) is 5.54. The molecule has 0 amide bonds. The van der Waals surface area contributed by atoms with E-state index in [0.29, 0.717) is 30.5 Å². The van der Waals surface area contributed by atoms with Gasteiger partial charge >= 0.3 is 0 Å². The van der Waals surface area contributed by atoms with E-state index >= 15 is 4.39 Å². The molecule has 10 nitrogen and oxygen atoms in total. The van der Waals surface area contributed by atoms with Gasteiger partial charge < -0.3 is 19.7 Å². The highest BCUT2D eigenvalue weighted by Gasteiger charge is 2.59. The fraction of sp³-hybridized carbons (Fsp3) is 0.867. The minimum atomic E-state index is -4.41. The van der Waals surface area contributed by atoms with E-state index in [-0.39, 0.29) is 36.3 Å². The van der Waals surface area contributed by atoms with Crippen LogP contribution in [0.4, 0.5) is 33.6 Å². The lowest BCUT2D eigenvalue weighted by Crippen LogP contribution is -2.59. The fourth-order valence-corrected chi connectivity index (χ4v) is 10.8. The molecule has 3 heterocycles. The van der Waals surface area contributed by atoms with Crippen LogP contribution in [0.25, 0.3) is 0 Å². The van der Waals surface area contributed by atoms with Gasteiger partial charge in [0.25, 0.3) is 0 Å². The van der Waals surface area contributed by atoms with Gasteiger partial charge in [0.2, 0.25) is 5.75 Å². The van der Waals surface area contributed by atoms with Crippen molar-refractivity contribution in [3.8, 4) is 5.75 Å². The van der Waals surface area contributed by atoms with Crippen LogP contribution < -0.4 is 25.8 Å². The summed E-state index contributed by atoms with van der Waals surface area (Å²) in [6, 6.07) is 0.215. The Morgan fingerprint density at radius 2 is 1.57 bits per heavy atom. The molecular formula is C30H47F5N6O4S2. The largest absolute Gasteiger partial charge is 0.490 e. The number of anilines is 2. The van der Waals surface area contributed by atoms with Crippen LogP contribution in [0.2, 0.25) is 0 Å². The molecule has 0 aromatic carbocycles. The Labute approximate surface area is 278 Å². The average molecular weight is 715 g/mol. The van der Waals surface area contributed by atoms with Crippen LogP contribution in [0.1, 0.15) is 65.7 Å². The highest BCUT2D eigenvalue weighted by molar-refractivity contribution is 7.99. The number of rotatable bonds is 10. The summed E-state index contributed by atoms with van der Waals surface area (Å²) >= 11 is 1.10. The van der Waals surface area contributed by atoms with E-state index < -0.39 is 74.7 Å². The van der Waals surface area contributed by atoms with Gasteiger partial charge in [-0.25, -0.2) is 45.8 Å². The van der Waals surface area contributed by atoms with Gasteiger partial charge in [0.1, 0.15) is 30.9 Å². The SMILES string of the molecule is COc1c(NC2CC(C)NN2)nc(SC2CCC(S(=O)(=O)C(C)(C)C3C(F)C(F)CC(F)C3F)CC2F)nc1N1CCC(OC)CC1. The molecular weight excluding hydrogens is 667 g/mol. The van der Waals surface area contributed by atoms with Gasteiger partial charge in [0, 0.05) is 43.8 Å². The van der Waals surface area contributed by atoms with Crippen molar-refractivity contribution in [3.63, 3.8) is 0 Å². The Morgan fingerprint density at radius 3 is 2.13 bits per heavy atom. The minimum absolute atomic E-state index is 0.0107. The summed E-state index contributed by atoms with van der Waals surface area (Å²) in [6.07, 6.45) is -10.2. The van der Waals surface area contributed by atoms with Crippen LogP contribution in [-0.2, 0) is 14.6 Å². The average Bonchev–Trinajstić information content (AvgIpc) is 3.44. The molecule has 2 saturated carbocycles. The summed E-state index contributed by atoms with van der Waals surface area (Å²) in [7, 11) is -1.19. The molecule has 1 aromatic heterocycles. The Kier molecular flexibility index (Phi) is 11.4. The highest BCUT2D eigenvalue weighted by Crippen LogP contribution is 2.47. The smallest absolute Gasteiger partial charge is 0.204 e. The van der Waals surface area contributed by atoms with Crippen LogP contribution in [-0.4, -0.2) is 110 Å². The molecule has 47 heavy (non-hydrogen) atoms. The van der Waals surface area contributed by atoms with Crippen LogP contribution in [0.5, 0.6) is 5.75 Å². The monoisotopic (exact) mass is 714 g/mol. The topological polar surface area (TPSA) is 118 Å². The third kappa shape index (κ3) is 7.43. The molecule has 2 aliphatic heterocycles. The molecule has 4 aliphatic rings. The third-order valence-electron chi connectivity index (χ3n) is 10.2. The van der Waals surface area contributed by atoms with E-state index in [1.807, 2.05) is 6.92 Å². The molecule has 2 aliphatic carbocycles. The van der Waals surface area contributed by atoms with E-state index in [0.717, 1.165) is 44.9 Å². The van der Waals surface area contributed by atoms with Crippen LogP contribution in [0, 0.1) is 5.92 Å². The second-order valence-corrected chi connectivity index (χ2v) is 17.7. The number of alkyl halides is 5. The quantitative estimate of drug-likeness (QED) is 0.233. The number of methoxy groups -OCH3 is 2. The van der Waals surface area contributed by atoms with Gasteiger partial charge in [0.05, 0.1) is 29.4 Å². The molecule has 1 aromatic rings. The molecule has 0 spiro atoms. The van der Waals surface area contributed by atoms with Crippen molar-refractivity contribution in [2.45, 2.75) is 135 Å². The molecule has 9 atom stereocenters. The first kappa shape index (κ1) is 36.6. The van der Waals surface area contributed by atoms with Crippen molar-refractivity contribution < 1.29 is 39.8 Å². The van der Waals surface area contributed by atoms with Crippen molar-refractivity contribution in [1.82, 2.24) is 20.8 Å². The standard InChI is InChI=1S/C30H47F5N6O4S2/c1-15-12-22(40-39-15)36-27-26(45-5)28(41-10-8-16(44-4)9-11-41)38-29(37-27)46-21-7-6-17(13-18(21)31)47(42,43)30(2,3)23-24(34)19(32)14-20(33)25(23)35/h15-25,39-40H,6-14H2,1-5H3,(H,36,37,38). The number of hydrogen-bond donors (Lipinski definition) is 3. The van der Waals surface area contributed by atoms with Gasteiger partial charge in [0.15, 0.2) is 26.6 Å². The van der Waals surface area contributed by atoms with Crippen molar-refractivity contribution in [3.05, 3.63) is 0 Å². The number of sulfone groups is 1. The third-order valence-corrected chi connectivity index (χ3v) is 14.5. The van der Waals surface area contributed by atoms with Gasteiger partial charge in [-0.3, -0.25) is 5.43 Å². The maximum atomic E-state index is 15.9. The van der Waals surface area contributed by atoms with E-state index in [9.17, 15) is 26.0 Å². The normalized spacial score (nSPS) is 36.0. The van der Waals surface area contributed by atoms with Gasteiger partial charge in [-0.15, -0.1) is 0 Å². The maximum Gasteiger partial charge on any atom is 0.204 e. The molecule has 0 radical (unpaired) electrons. The van der Waals surface area contributed by atoms with Crippen molar-refractivity contribution in [1.29, 1.82) is 0 Å². The zero-order chi connectivity index (χ0) is 34.3. The zero-order valence-corrected chi connectivity index (χ0v) is 29.0. The first-order valence-electron chi connectivity index (χ1n) is 16.3. The Morgan fingerprint density at radius 1 is 0.915 bits per heavy atom. The number of hydrogen-bond acceptors (Lipinski definition) is 11. The second-order valence-electron chi connectivity index (χ2n) is 13.7. The molecule has 2 saturated heterocycles. The van der Waals surface area contributed by atoms with E-state index in [1.54, 1.807) is 7.11 Å². The molecule has 4 fully saturated rings. The number of aromatic nitrogens is 2. The minimum Gasteiger partial charge on any atom is -0.490 e. The van der Waals surface area contributed by atoms with Crippen LogP contribution in [0.3, 0.4) is 0 Å². The Balaban J connectivity index is 1.35. The Bertz CT molecular complexity index is 1330. The lowest BCUT2D eigenvalue weighted by molar-refractivity contribution is -0.0485. The molecule has 5 rings (SSSR count). The summed E-state index contributed by atoms with van der Waals surface area (Å²) in [5.74, 6) is -0.607. The van der Waals surface area contributed by atoms with E-state index in [2.05, 4.69) is 21.1 Å². The van der Waals surface area contributed by atoms with Crippen LogP contribution >= 0.6 is 11.8 Å². The van der Waals surface area contributed by atoms with Gasteiger partial charge in [-0.05, 0) is 59.3 Å². The van der Waals surface area contributed by atoms with E-state index in [4.69, 9.17) is 19.4 Å². The first-order valence-corrected chi connectivity index (χ1v) is 18.7. The predicted octanol–water partition coefficient (Wildman–Crippen LogP) is 4.64. The van der Waals surface area contributed by atoms with Crippen molar-refractivity contribution in [2.75, 3.05) is 37.5 Å². The fourth-order valence-electron chi connectivity index (χ4n) is 7.34. The second kappa shape index (κ2) is 14.7. The van der Waals surface area contributed by atoms with E-state index in [1.165, 1.54) is 7.11 Å². The van der Waals surface area contributed by atoms with Crippen LogP contribution in [0.15, 0.2) is 5.16 Å². The molecule has 3 N–H and O–H groups in total. The number of hydrazine groups is 1. The number of nitrogens with one attached hydrogen (secondary N) is 3. The molecule has 268 valence electrons. The predicted molar refractivity (Wildman–Crippen MR) is 171 cm³/mol. The molecule has 17 heteroatoms. The van der Waals surface area contributed by atoms with Crippen molar-refractivity contribution >= 4 is 33.2 Å².